The Balaban J connectivity index is 2.04. The molecule has 1 atom stereocenters. The lowest BCUT2D eigenvalue weighted by Gasteiger charge is -2.23. The molecule has 0 radical (unpaired) electrons. The van der Waals surface area contributed by atoms with Crippen molar-refractivity contribution in [2.45, 2.75) is 19.0 Å². The van der Waals surface area contributed by atoms with Crippen LogP contribution in [0.25, 0.3) is 0 Å². The van der Waals surface area contributed by atoms with Crippen LogP contribution in [0.4, 0.5) is 0 Å². The maximum Gasteiger partial charge on any atom is 0.120 e. The van der Waals surface area contributed by atoms with E-state index >= 15 is 0 Å². The standard InChI is InChI=1S/C12H17BrN2O/c1-15(11-4-5-14-7-11)8-9-6-10(13)2-3-12(9)16/h2-3,6,11,14,16H,4-5,7-8H2,1H3. The fourth-order valence-electron chi connectivity index (χ4n) is 2.09. The van der Waals surface area contributed by atoms with Crippen LogP contribution in [-0.2, 0) is 6.54 Å². The topological polar surface area (TPSA) is 35.5 Å². The van der Waals surface area contributed by atoms with Crippen LogP contribution < -0.4 is 5.32 Å². The van der Waals surface area contributed by atoms with Crippen LogP contribution in [0.5, 0.6) is 5.75 Å². The Kier molecular flexibility index (Phi) is 3.84. The first-order valence-corrected chi connectivity index (χ1v) is 6.34. The molecule has 1 unspecified atom stereocenters. The number of hydrogen-bond acceptors (Lipinski definition) is 3. The number of likely N-dealkylation sites (N-methyl/N-ethyl adjacent to an activating group) is 1. The Hall–Kier alpha value is -0.580. The van der Waals surface area contributed by atoms with E-state index in [1.165, 1.54) is 6.42 Å². The molecule has 2 rings (SSSR count). The monoisotopic (exact) mass is 284 g/mol. The van der Waals surface area contributed by atoms with Gasteiger partial charge in [-0.2, -0.15) is 0 Å². The van der Waals surface area contributed by atoms with Gasteiger partial charge in [-0.05, 0) is 38.2 Å². The Morgan fingerprint density at radius 3 is 3.06 bits per heavy atom. The van der Waals surface area contributed by atoms with Crippen LogP contribution >= 0.6 is 15.9 Å². The highest BCUT2D eigenvalue weighted by Crippen LogP contribution is 2.24. The van der Waals surface area contributed by atoms with Crippen LogP contribution in [0, 0.1) is 0 Å². The van der Waals surface area contributed by atoms with Gasteiger partial charge in [-0.1, -0.05) is 15.9 Å². The molecule has 0 aliphatic carbocycles. The van der Waals surface area contributed by atoms with Crippen molar-refractivity contribution < 1.29 is 5.11 Å². The van der Waals surface area contributed by atoms with Gasteiger partial charge in [-0.3, -0.25) is 4.90 Å². The van der Waals surface area contributed by atoms with Crippen LogP contribution in [-0.4, -0.2) is 36.2 Å². The summed E-state index contributed by atoms with van der Waals surface area (Å²) < 4.78 is 1.01. The average molecular weight is 285 g/mol. The first-order chi connectivity index (χ1) is 7.66. The average Bonchev–Trinajstić information content (AvgIpc) is 2.76. The molecule has 1 heterocycles. The SMILES string of the molecule is CN(Cc1cc(Br)ccc1O)C1CCNC1. The first-order valence-electron chi connectivity index (χ1n) is 5.55. The zero-order valence-electron chi connectivity index (χ0n) is 9.41. The van der Waals surface area contributed by atoms with E-state index in [0.29, 0.717) is 11.8 Å². The van der Waals surface area contributed by atoms with Crippen molar-refractivity contribution in [2.75, 3.05) is 20.1 Å². The van der Waals surface area contributed by atoms with Gasteiger partial charge >= 0.3 is 0 Å². The molecule has 1 aromatic rings. The van der Waals surface area contributed by atoms with Crippen LogP contribution in [0.2, 0.25) is 0 Å². The number of phenols is 1. The number of phenolic OH excluding ortho intramolecular Hbond substituents is 1. The van der Waals surface area contributed by atoms with Crippen LogP contribution in [0.3, 0.4) is 0 Å². The number of benzene rings is 1. The molecule has 1 aliphatic rings. The Morgan fingerprint density at radius 2 is 2.38 bits per heavy atom. The molecule has 1 fully saturated rings. The van der Waals surface area contributed by atoms with Crippen molar-refractivity contribution >= 4 is 15.9 Å². The summed E-state index contributed by atoms with van der Waals surface area (Å²) in [5.74, 6) is 0.376. The van der Waals surface area contributed by atoms with Gasteiger partial charge in [0.1, 0.15) is 5.75 Å². The summed E-state index contributed by atoms with van der Waals surface area (Å²) in [6.07, 6.45) is 1.19. The zero-order chi connectivity index (χ0) is 11.5. The smallest absolute Gasteiger partial charge is 0.120 e. The Bertz CT molecular complexity index is 364. The van der Waals surface area contributed by atoms with E-state index in [9.17, 15) is 5.11 Å². The summed E-state index contributed by atoms with van der Waals surface area (Å²) in [5, 5.41) is 13.1. The minimum Gasteiger partial charge on any atom is -0.508 e. The molecule has 0 saturated carbocycles. The molecule has 0 spiro atoms. The second-order valence-electron chi connectivity index (χ2n) is 4.33. The Morgan fingerprint density at radius 1 is 1.56 bits per heavy atom. The zero-order valence-corrected chi connectivity index (χ0v) is 11.0. The molecule has 0 amide bonds. The fraction of sp³-hybridized carbons (Fsp3) is 0.500. The summed E-state index contributed by atoms with van der Waals surface area (Å²) in [5.41, 5.74) is 0.976. The molecule has 2 N–H and O–H groups in total. The first kappa shape index (κ1) is 11.9. The normalized spacial score (nSPS) is 20.6. The van der Waals surface area contributed by atoms with Gasteiger partial charge in [-0.15, -0.1) is 0 Å². The quantitative estimate of drug-likeness (QED) is 0.891. The summed E-state index contributed by atoms with van der Waals surface area (Å²) >= 11 is 3.43. The molecule has 1 aromatic carbocycles. The van der Waals surface area contributed by atoms with Crippen molar-refractivity contribution in [1.82, 2.24) is 10.2 Å². The highest BCUT2D eigenvalue weighted by Gasteiger charge is 2.19. The molecule has 4 heteroatoms. The lowest BCUT2D eigenvalue weighted by atomic mass is 10.1. The van der Waals surface area contributed by atoms with E-state index in [1.54, 1.807) is 6.07 Å². The molecule has 1 aliphatic heterocycles. The van der Waals surface area contributed by atoms with E-state index in [1.807, 2.05) is 12.1 Å². The summed E-state index contributed by atoms with van der Waals surface area (Å²) in [6, 6.07) is 6.16. The van der Waals surface area contributed by atoms with E-state index in [0.717, 1.165) is 29.7 Å². The molecule has 0 bridgehead atoms. The van der Waals surface area contributed by atoms with Crippen LogP contribution in [0.15, 0.2) is 22.7 Å². The number of rotatable bonds is 3. The molecule has 16 heavy (non-hydrogen) atoms. The summed E-state index contributed by atoms with van der Waals surface area (Å²) in [6.45, 7) is 2.93. The summed E-state index contributed by atoms with van der Waals surface area (Å²) in [7, 11) is 2.11. The predicted molar refractivity (Wildman–Crippen MR) is 68.5 cm³/mol. The fourth-order valence-corrected chi connectivity index (χ4v) is 2.50. The van der Waals surface area contributed by atoms with Gasteiger partial charge in [0, 0.05) is 29.2 Å². The second-order valence-corrected chi connectivity index (χ2v) is 5.25. The largest absolute Gasteiger partial charge is 0.508 e. The highest BCUT2D eigenvalue weighted by molar-refractivity contribution is 9.10. The molecule has 88 valence electrons. The third-order valence-corrected chi connectivity index (χ3v) is 3.61. The number of halogens is 1. The van der Waals surface area contributed by atoms with Gasteiger partial charge in [0.25, 0.3) is 0 Å². The predicted octanol–water partition coefficient (Wildman–Crippen LogP) is 1.95. The van der Waals surface area contributed by atoms with Crippen molar-refractivity contribution in [1.29, 1.82) is 0 Å². The van der Waals surface area contributed by atoms with Crippen molar-refractivity contribution in [2.24, 2.45) is 0 Å². The highest BCUT2D eigenvalue weighted by atomic mass is 79.9. The number of nitrogens with zero attached hydrogens (tertiary/aromatic N) is 1. The van der Waals surface area contributed by atoms with Crippen molar-refractivity contribution in [3.05, 3.63) is 28.2 Å². The molecule has 3 nitrogen and oxygen atoms in total. The minimum atomic E-state index is 0.376. The maximum absolute atomic E-state index is 9.76. The minimum absolute atomic E-state index is 0.376. The van der Waals surface area contributed by atoms with Gasteiger partial charge < -0.3 is 10.4 Å². The van der Waals surface area contributed by atoms with Crippen molar-refractivity contribution in [3.63, 3.8) is 0 Å². The lowest BCUT2D eigenvalue weighted by molar-refractivity contribution is 0.245. The third-order valence-electron chi connectivity index (χ3n) is 3.12. The maximum atomic E-state index is 9.76. The van der Waals surface area contributed by atoms with Gasteiger partial charge in [-0.25, -0.2) is 0 Å². The van der Waals surface area contributed by atoms with E-state index in [-0.39, 0.29) is 0 Å². The van der Waals surface area contributed by atoms with Gasteiger partial charge in [0.05, 0.1) is 0 Å². The number of hydrogen-bond donors (Lipinski definition) is 2. The third kappa shape index (κ3) is 2.75. The molecular formula is C12H17BrN2O. The van der Waals surface area contributed by atoms with Crippen molar-refractivity contribution in [3.8, 4) is 5.75 Å². The number of nitrogens with one attached hydrogen (secondary N) is 1. The second kappa shape index (κ2) is 5.17. The van der Waals surface area contributed by atoms with E-state index in [4.69, 9.17) is 0 Å². The van der Waals surface area contributed by atoms with Gasteiger partial charge in [0.2, 0.25) is 0 Å². The number of aromatic hydroxyl groups is 1. The molecular weight excluding hydrogens is 268 g/mol. The molecule has 0 aromatic heterocycles. The molecule has 1 saturated heterocycles. The van der Waals surface area contributed by atoms with Gasteiger partial charge in [0.15, 0.2) is 0 Å². The Labute approximate surface area is 105 Å². The van der Waals surface area contributed by atoms with Crippen LogP contribution in [0.1, 0.15) is 12.0 Å². The lowest BCUT2D eigenvalue weighted by Crippen LogP contribution is -2.32. The summed E-state index contributed by atoms with van der Waals surface area (Å²) in [4.78, 5) is 2.29. The van der Waals surface area contributed by atoms with E-state index in [2.05, 4.69) is 33.2 Å². The van der Waals surface area contributed by atoms with E-state index < -0.39 is 0 Å².